The third-order valence-corrected chi connectivity index (χ3v) is 4.44. The summed E-state index contributed by atoms with van der Waals surface area (Å²) in [6.07, 6.45) is 3.78. The van der Waals surface area contributed by atoms with E-state index in [1.807, 2.05) is 30.4 Å². The van der Waals surface area contributed by atoms with Gasteiger partial charge in [0.2, 0.25) is 0 Å². The highest BCUT2D eigenvalue weighted by atomic mass is 79.9. The number of carbonyl (C=O) groups excluding carboxylic acids is 2. The Balaban J connectivity index is 1.93. The van der Waals surface area contributed by atoms with Crippen molar-refractivity contribution in [3.05, 3.63) is 58.1 Å². The quantitative estimate of drug-likeness (QED) is 0.616. The molecule has 3 rings (SSSR count). The van der Waals surface area contributed by atoms with E-state index >= 15 is 0 Å². The zero-order valence-corrected chi connectivity index (χ0v) is 12.3. The highest BCUT2D eigenvalue weighted by Gasteiger charge is 2.47. The normalized spacial score (nSPS) is 23.4. The Labute approximate surface area is 124 Å². The number of carbonyl (C=O) groups is 2. The molecule has 1 aromatic carbocycles. The minimum atomic E-state index is -0.403. The van der Waals surface area contributed by atoms with Gasteiger partial charge in [-0.15, -0.1) is 0 Å². The number of hydrogen-bond acceptors (Lipinski definition) is 3. The maximum absolute atomic E-state index is 12.6. The minimum Gasteiger partial charge on any atom is -0.466 e. The van der Waals surface area contributed by atoms with Crippen molar-refractivity contribution in [2.75, 3.05) is 7.11 Å². The molecule has 0 aromatic heterocycles. The van der Waals surface area contributed by atoms with Crippen LogP contribution in [0.25, 0.3) is 0 Å². The molecule has 5 heteroatoms. The van der Waals surface area contributed by atoms with Gasteiger partial charge in [-0.25, -0.2) is 4.79 Å². The van der Waals surface area contributed by atoms with E-state index in [1.165, 1.54) is 7.11 Å². The molecule has 0 aliphatic carbocycles. The smallest absolute Gasteiger partial charge is 0.337 e. The van der Waals surface area contributed by atoms with Gasteiger partial charge < -0.3 is 9.64 Å². The van der Waals surface area contributed by atoms with Crippen LogP contribution in [0, 0.1) is 0 Å². The van der Waals surface area contributed by atoms with Crippen LogP contribution in [0.3, 0.4) is 0 Å². The highest BCUT2D eigenvalue weighted by molar-refractivity contribution is 9.11. The summed E-state index contributed by atoms with van der Waals surface area (Å²) in [6.45, 7) is 0. The number of halogens is 1. The molecule has 0 saturated carbocycles. The molecule has 0 N–H and O–H groups in total. The van der Waals surface area contributed by atoms with Gasteiger partial charge in [-0.2, -0.15) is 0 Å². The van der Waals surface area contributed by atoms with E-state index in [1.54, 1.807) is 17.0 Å². The van der Waals surface area contributed by atoms with Crippen molar-refractivity contribution in [2.45, 2.75) is 12.1 Å². The van der Waals surface area contributed by atoms with Crippen molar-refractivity contribution < 1.29 is 14.3 Å². The molecule has 2 heterocycles. The average Bonchev–Trinajstić information content (AvgIpc) is 3.02. The van der Waals surface area contributed by atoms with Crippen LogP contribution in [-0.2, 0) is 9.53 Å². The molecule has 0 radical (unpaired) electrons. The molecule has 2 aliphatic heterocycles. The van der Waals surface area contributed by atoms with Crippen molar-refractivity contribution in [1.29, 1.82) is 0 Å². The zero-order chi connectivity index (χ0) is 14.3. The highest BCUT2D eigenvalue weighted by Crippen LogP contribution is 2.41. The van der Waals surface area contributed by atoms with E-state index in [-0.39, 0.29) is 18.0 Å². The van der Waals surface area contributed by atoms with Crippen LogP contribution in [0.1, 0.15) is 10.4 Å². The summed E-state index contributed by atoms with van der Waals surface area (Å²) >= 11 is 3.42. The Kier molecular flexibility index (Phi) is 3.22. The molecule has 1 amide bonds. The number of nitrogens with zero attached hydrogens (tertiary/aromatic N) is 1. The molecule has 0 spiro atoms. The fraction of sp³-hybridized carbons (Fsp3) is 0.200. The molecule has 0 fully saturated rings. The van der Waals surface area contributed by atoms with Crippen LogP contribution >= 0.6 is 15.9 Å². The molecule has 2 atom stereocenters. The first-order valence-corrected chi connectivity index (χ1v) is 6.98. The van der Waals surface area contributed by atoms with Crippen molar-refractivity contribution >= 4 is 27.8 Å². The number of esters is 1. The van der Waals surface area contributed by atoms with E-state index in [2.05, 4.69) is 15.9 Å². The first-order valence-electron chi connectivity index (χ1n) is 6.19. The molecular weight excluding hydrogens is 322 g/mol. The fourth-order valence-corrected chi connectivity index (χ4v) is 3.39. The standard InChI is InChI=1S/C15H12BrNO3/c1-20-15(19)12-10-7-8-11(13(12)16)17(10)14(18)9-5-3-2-4-6-9/h2-8,10-11H,1H3. The largest absolute Gasteiger partial charge is 0.466 e. The van der Waals surface area contributed by atoms with E-state index < -0.39 is 5.97 Å². The van der Waals surface area contributed by atoms with Crippen molar-refractivity contribution in [3.63, 3.8) is 0 Å². The van der Waals surface area contributed by atoms with Crippen molar-refractivity contribution in [2.24, 2.45) is 0 Å². The Bertz CT molecular complexity index is 636. The lowest BCUT2D eigenvalue weighted by Gasteiger charge is -2.23. The van der Waals surface area contributed by atoms with Crippen molar-refractivity contribution in [3.8, 4) is 0 Å². The molecule has 2 bridgehead atoms. The van der Waals surface area contributed by atoms with Crippen LogP contribution in [-0.4, -0.2) is 36.0 Å². The van der Waals surface area contributed by atoms with Gasteiger partial charge in [0.15, 0.2) is 0 Å². The number of benzene rings is 1. The molecular formula is C15H12BrNO3. The average molecular weight is 334 g/mol. The van der Waals surface area contributed by atoms with Gasteiger partial charge in [0.1, 0.15) is 0 Å². The first-order chi connectivity index (χ1) is 9.65. The molecule has 1 aromatic rings. The number of amides is 1. The van der Waals surface area contributed by atoms with Gasteiger partial charge in [-0.3, -0.25) is 4.79 Å². The Morgan fingerprint density at radius 1 is 1.15 bits per heavy atom. The lowest BCUT2D eigenvalue weighted by Crippen LogP contribution is -2.38. The van der Waals surface area contributed by atoms with Gasteiger partial charge in [0, 0.05) is 10.0 Å². The Hall–Kier alpha value is -1.88. The second-order valence-electron chi connectivity index (χ2n) is 4.61. The lowest BCUT2D eigenvalue weighted by molar-refractivity contribution is -0.136. The fourth-order valence-electron chi connectivity index (χ4n) is 2.62. The van der Waals surface area contributed by atoms with Crippen LogP contribution < -0.4 is 0 Å². The number of ether oxygens (including phenoxy) is 1. The maximum Gasteiger partial charge on any atom is 0.337 e. The van der Waals surface area contributed by atoms with E-state index in [4.69, 9.17) is 4.74 Å². The summed E-state index contributed by atoms with van der Waals surface area (Å²) in [4.78, 5) is 26.1. The van der Waals surface area contributed by atoms with E-state index in [0.717, 1.165) is 0 Å². The van der Waals surface area contributed by atoms with Gasteiger partial charge in [0.05, 0.1) is 24.8 Å². The number of hydrogen-bond donors (Lipinski definition) is 0. The van der Waals surface area contributed by atoms with Gasteiger partial charge in [-0.05, 0) is 12.1 Å². The van der Waals surface area contributed by atoms with Gasteiger partial charge >= 0.3 is 5.97 Å². The lowest BCUT2D eigenvalue weighted by atomic mass is 10.1. The minimum absolute atomic E-state index is 0.0959. The van der Waals surface area contributed by atoms with Crippen LogP contribution in [0.2, 0.25) is 0 Å². The topological polar surface area (TPSA) is 46.6 Å². The summed E-state index contributed by atoms with van der Waals surface area (Å²) in [6, 6.07) is 8.47. The first kappa shape index (κ1) is 13.1. The number of rotatable bonds is 2. The zero-order valence-electron chi connectivity index (χ0n) is 10.7. The second kappa shape index (κ2) is 4.90. The molecule has 102 valence electrons. The van der Waals surface area contributed by atoms with Gasteiger partial charge in [-0.1, -0.05) is 46.3 Å². The predicted molar refractivity (Wildman–Crippen MR) is 77.3 cm³/mol. The molecule has 2 unspecified atom stereocenters. The summed E-state index contributed by atoms with van der Waals surface area (Å²) in [5, 5.41) is 0. The number of methoxy groups -OCH3 is 1. The summed E-state index contributed by atoms with van der Waals surface area (Å²) < 4.78 is 5.50. The molecule has 0 saturated heterocycles. The third kappa shape index (κ3) is 1.81. The van der Waals surface area contributed by atoms with E-state index in [0.29, 0.717) is 15.6 Å². The van der Waals surface area contributed by atoms with Crippen LogP contribution in [0.4, 0.5) is 0 Å². The Morgan fingerprint density at radius 2 is 1.80 bits per heavy atom. The van der Waals surface area contributed by atoms with Crippen LogP contribution in [0.15, 0.2) is 52.5 Å². The molecule has 2 aliphatic rings. The summed E-state index contributed by atoms with van der Waals surface area (Å²) in [5.41, 5.74) is 1.11. The maximum atomic E-state index is 12.6. The SMILES string of the molecule is COC(=O)C1=C(Br)C2C=CC1N2C(=O)c1ccccc1. The monoisotopic (exact) mass is 333 g/mol. The van der Waals surface area contributed by atoms with E-state index in [9.17, 15) is 9.59 Å². The van der Waals surface area contributed by atoms with Gasteiger partial charge in [0.25, 0.3) is 5.91 Å². The predicted octanol–water partition coefficient (Wildman–Crippen LogP) is 2.27. The van der Waals surface area contributed by atoms with Crippen LogP contribution in [0.5, 0.6) is 0 Å². The second-order valence-corrected chi connectivity index (χ2v) is 5.46. The Morgan fingerprint density at radius 3 is 2.45 bits per heavy atom. The number of fused-ring (bicyclic) bond motifs is 2. The molecule has 4 nitrogen and oxygen atoms in total. The summed E-state index contributed by atoms with van der Waals surface area (Å²) in [7, 11) is 1.34. The molecule has 20 heavy (non-hydrogen) atoms. The summed E-state index contributed by atoms with van der Waals surface area (Å²) in [5.74, 6) is -0.499. The third-order valence-electron chi connectivity index (χ3n) is 3.55. The van der Waals surface area contributed by atoms with Crippen molar-refractivity contribution in [1.82, 2.24) is 4.90 Å².